The second-order valence-electron chi connectivity index (χ2n) is 4.50. The van der Waals surface area contributed by atoms with Gasteiger partial charge in [0.2, 0.25) is 5.91 Å². The van der Waals surface area contributed by atoms with Crippen molar-refractivity contribution in [2.45, 2.75) is 13.8 Å². The second-order valence-corrected chi connectivity index (χ2v) is 6.96. The Balaban J connectivity index is 2.02. The first-order valence-corrected chi connectivity index (χ1v) is 8.04. The number of carbonyl (C=O) groups excluding carboxylic acids is 2. The van der Waals surface area contributed by atoms with Crippen molar-refractivity contribution in [3.8, 4) is 0 Å². The number of nitrogens with one attached hydrogen (secondary N) is 2. The molecule has 0 aliphatic heterocycles. The predicted molar refractivity (Wildman–Crippen MR) is 92.4 cm³/mol. The number of hydrogen-bond donors (Lipinski definition) is 2. The quantitative estimate of drug-likeness (QED) is 0.628. The zero-order valence-corrected chi connectivity index (χ0v) is 14.4. The van der Waals surface area contributed by atoms with Crippen molar-refractivity contribution >= 4 is 50.5 Å². The van der Waals surface area contributed by atoms with Gasteiger partial charge in [-0.2, -0.15) is 5.10 Å². The minimum absolute atomic E-state index is 0.118. The van der Waals surface area contributed by atoms with E-state index in [-0.39, 0.29) is 11.8 Å². The molecule has 0 unspecified atom stereocenters. The first-order chi connectivity index (χ1) is 10.5. The zero-order chi connectivity index (χ0) is 16.1. The van der Waals surface area contributed by atoms with Gasteiger partial charge in [0.15, 0.2) is 0 Å². The number of thiophene rings is 1. The van der Waals surface area contributed by atoms with Crippen LogP contribution in [0.2, 0.25) is 0 Å². The third kappa shape index (κ3) is 4.51. The van der Waals surface area contributed by atoms with Crippen LogP contribution in [0.4, 0.5) is 5.69 Å². The molecule has 0 radical (unpaired) electrons. The van der Waals surface area contributed by atoms with Crippen LogP contribution >= 0.6 is 27.3 Å². The normalized spacial score (nSPS) is 11.1. The fourth-order valence-electron chi connectivity index (χ4n) is 1.69. The molecule has 7 heteroatoms. The molecule has 0 spiro atoms. The monoisotopic (exact) mass is 379 g/mol. The molecule has 22 heavy (non-hydrogen) atoms. The number of hydrogen-bond acceptors (Lipinski definition) is 4. The highest BCUT2D eigenvalue weighted by Gasteiger charge is 2.07. The van der Waals surface area contributed by atoms with E-state index in [0.717, 1.165) is 15.0 Å². The predicted octanol–water partition coefficient (Wildman–Crippen LogP) is 3.62. The lowest BCUT2D eigenvalue weighted by atomic mass is 10.1. The van der Waals surface area contributed by atoms with Gasteiger partial charge in [-0.1, -0.05) is 12.1 Å². The highest BCUT2D eigenvalue weighted by atomic mass is 79.9. The molecule has 0 fully saturated rings. The number of anilines is 1. The largest absolute Gasteiger partial charge is 0.326 e. The maximum atomic E-state index is 11.9. The summed E-state index contributed by atoms with van der Waals surface area (Å²) in [5.41, 5.74) is 4.79. The van der Waals surface area contributed by atoms with Gasteiger partial charge in [0.05, 0.1) is 14.4 Å². The van der Waals surface area contributed by atoms with E-state index < -0.39 is 0 Å². The van der Waals surface area contributed by atoms with Gasteiger partial charge in [-0.05, 0) is 52.7 Å². The average molecular weight is 380 g/mol. The lowest BCUT2D eigenvalue weighted by Crippen LogP contribution is -2.18. The van der Waals surface area contributed by atoms with Crippen LogP contribution in [-0.2, 0) is 4.79 Å². The Morgan fingerprint density at radius 1 is 1.09 bits per heavy atom. The summed E-state index contributed by atoms with van der Waals surface area (Å²) in [7, 11) is 0. The molecule has 0 atom stereocenters. The number of nitrogens with zero attached hydrogens (tertiary/aromatic N) is 1. The van der Waals surface area contributed by atoms with E-state index in [1.165, 1.54) is 18.3 Å². The molecule has 0 aliphatic rings. The maximum Gasteiger partial charge on any atom is 0.281 e. The number of hydrazone groups is 1. The second kappa shape index (κ2) is 7.33. The molecule has 0 saturated carbocycles. The number of amides is 2. The zero-order valence-electron chi connectivity index (χ0n) is 12.0. The van der Waals surface area contributed by atoms with E-state index in [9.17, 15) is 9.59 Å². The molecule has 1 aromatic carbocycles. The highest BCUT2D eigenvalue weighted by Crippen LogP contribution is 2.21. The molecule has 1 aromatic heterocycles. The van der Waals surface area contributed by atoms with Crippen molar-refractivity contribution in [1.82, 2.24) is 5.43 Å². The standard InChI is InChI=1S/C15H14BrN3O2S/c1-9(11-3-5-12(6-4-11)17-10(2)20)18-19-15(21)13-7-8-14(16)22-13/h3-8H,1-2H3,(H,17,20)(H,19,21)/b18-9+. The molecule has 114 valence electrons. The van der Waals surface area contributed by atoms with Crippen LogP contribution in [0.3, 0.4) is 0 Å². The number of benzene rings is 1. The van der Waals surface area contributed by atoms with E-state index in [1.54, 1.807) is 25.1 Å². The van der Waals surface area contributed by atoms with Crippen molar-refractivity contribution < 1.29 is 9.59 Å². The van der Waals surface area contributed by atoms with E-state index in [1.807, 2.05) is 18.2 Å². The summed E-state index contributed by atoms with van der Waals surface area (Å²) in [4.78, 5) is 23.4. The topological polar surface area (TPSA) is 70.6 Å². The van der Waals surface area contributed by atoms with Gasteiger partial charge in [-0.3, -0.25) is 9.59 Å². The van der Waals surface area contributed by atoms with Gasteiger partial charge >= 0.3 is 0 Å². The Morgan fingerprint density at radius 2 is 1.77 bits per heavy atom. The van der Waals surface area contributed by atoms with Crippen molar-refractivity contribution in [3.63, 3.8) is 0 Å². The van der Waals surface area contributed by atoms with Gasteiger partial charge < -0.3 is 5.32 Å². The van der Waals surface area contributed by atoms with E-state index in [0.29, 0.717) is 10.6 Å². The minimum atomic E-state index is -0.245. The Bertz CT molecular complexity index is 723. The van der Waals surface area contributed by atoms with Crippen molar-refractivity contribution in [3.05, 3.63) is 50.6 Å². The molecule has 2 N–H and O–H groups in total. The lowest BCUT2D eigenvalue weighted by Gasteiger charge is -2.05. The molecule has 2 amide bonds. The SMILES string of the molecule is CC(=O)Nc1ccc(/C(C)=N/NC(=O)c2ccc(Br)s2)cc1. The smallest absolute Gasteiger partial charge is 0.281 e. The van der Waals surface area contributed by atoms with Crippen LogP contribution in [0.5, 0.6) is 0 Å². The van der Waals surface area contributed by atoms with E-state index >= 15 is 0 Å². The van der Waals surface area contributed by atoms with Gasteiger partial charge in [-0.15, -0.1) is 11.3 Å². The average Bonchev–Trinajstić information content (AvgIpc) is 2.91. The van der Waals surface area contributed by atoms with Crippen LogP contribution in [0.25, 0.3) is 0 Å². The first-order valence-electron chi connectivity index (χ1n) is 6.43. The molecule has 2 rings (SSSR count). The van der Waals surface area contributed by atoms with Crippen LogP contribution < -0.4 is 10.7 Å². The Morgan fingerprint density at radius 3 is 2.32 bits per heavy atom. The molecular formula is C15H14BrN3O2S. The van der Waals surface area contributed by atoms with Gasteiger partial charge in [-0.25, -0.2) is 5.43 Å². The molecule has 2 aromatic rings. The van der Waals surface area contributed by atoms with Crippen molar-refractivity contribution in [1.29, 1.82) is 0 Å². The third-order valence-corrected chi connectivity index (χ3v) is 4.37. The number of halogens is 1. The lowest BCUT2D eigenvalue weighted by molar-refractivity contribution is -0.114. The first kappa shape index (κ1) is 16.4. The molecular weight excluding hydrogens is 366 g/mol. The van der Waals surface area contributed by atoms with Crippen molar-refractivity contribution in [2.24, 2.45) is 5.10 Å². The minimum Gasteiger partial charge on any atom is -0.326 e. The van der Waals surface area contributed by atoms with Gasteiger partial charge in [0.25, 0.3) is 5.91 Å². The van der Waals surface area contributed by atoms with Crippen LogP contribution in [0.15, 0.2) is 45.3 Å². The van der Waals surface area contributed by atoms with Gasteiger partial charge in [0.1, 0.15) is 0 Å². The third-order valence-electron chi connectivity index (χ3n) is 2.75. The highest BCUT2D eigenvalue weighted by molar-refractivity contribution is 9.11. The molecule has 0 bridgehead atoms. The maximum absolute atomic E-state index is 11.9. The summed E-state index contributed by atoms with van der Waals surface area (Å²) in [5.74, 6) is -0.363. The summed E-state index contributed by atoms with van der Waals surface area (Å²) >= 11 is 4.66. The number of rotatable bonds is 4. The van der Waals surface area contributed by atoms with Crippen LogP contribution in [0.1, 0.15) is 29.1 Å². The summed E-state index contributed by atoms with van der Waals surface area (Å²) in [6, 6.07) is 10.8. The van der Waals surface area contributed by atoms with Gasteiger partial charge in [0, 0.05) is 12.6 Å². The van der Waals surface area contributed by atoms with Crippen molar-refractivity contribution in [2.75, 3.05) is 5.32 Å². The fraction of sp³-hybridized carbons (Fsp3) is 0.133. The molecule has 1 heterocycles. The Kier molecular flexibility index (Phi) is 5.46. The molecule has 0 aliphatic carbocycles. The van der Waals surface area contributed by atoms with Crippen LogP contribution in [-0.4, -0.2) is 17.5 Å². The number of carbonyl (C=O) groups is 2. The molecule has 5 nitrogen and oxygen atoms in total. The summed E-state index contributed by atoms with van der Waals surface area (Å²) < 4.78 is 0.895. The molecule has 0 saturated heterocycles. The summed E-state index contributed by atoms with van der Waals surface area (Å²) in [5, 5.41) is 6.79. The fourth-order valence-corrected chi connectivity index (χ4v) is 2.96. The Hall–Kier alpha value is -1.99. The Labute approximate surface area is 140 Å². The summed E-state index contributed by atoms with van der Waals surface area (Å²) in [6.45, 7) is 3.26. The summed E-state index contributed by atoms with van der Waals surface area (Å²) in [6.07, 6.45) is 0. The van der Waals surface area contributed by atoms with Crippen LogP contribution in [0, 0.1) is 0 Å². The van der Waals surface area contributed by atoms with E-state index in [4.69, 9.17) is 0 Å². The van der Waals surface area contributed by atoms with E-state index in [2.05, 4.69) is 31.8 Å².